The number of nitrogens with one attached hydrogen (secondary N) is 4. The zero-order valence-electron chi connectivity index (χ0n) is 36.2. The summed E-state index contributed by atoms with van der Waals surface area (Å²) in [6, 6.07) is 30.9. The molecule has 0 saturated carbocycles. The van der Waals surface area contributed by atoms with Crippen molar-refractivity contribution >= 4 is 29.8 Å². The Hall–Kier alpha value is -7.00. The Morgan fingerprint density at radius 2 is 1.17 bits per heavy atom. The lowest BCUT2D eigenvalue weighted by molar-refractivity contribution is -0.145. The average Bonchev–Trinajstić information content (AvgIpc) is 3.71. The van der Waals surface area contributed by atoms with Crippen LogP contribution in [0.5, 0.6) is 5.75 Å². The van der Waals surface area contributed by atoms with Crippen LogP contribution >= 0.6 is 0 Å². The summed E-state index contributed by atoms with van der Waals surface area (Å²) in [5.41, 5.74) is 3.15. The van der Waals surface area contributed by atoms with Crippen LogP contribution in [0.2, 0.25) is 0 Å². The number of amides is 4. The van der Waals surface area contributed by atoms with Gasteiger partial charge in [0.1, 0.15) is 42.1 Å². The van der Waals surface area contributed by atoms with E-state index in [4.69, 9.17) is 18.9 Å². The number of benzene rings is 4. The first-order chi connectivity index (χ1) is 30.2. The highest BCUT2D eigenvalue weighted by atomic mass is 16.6. The van der Waals surface area contributed by atoms with Gasteiger partial charge in [-0.15, -0.1) is 0 Å². The number of rotatable bonds is 21. The minimum absolute atomic E-state index is 0.0286. The molecule has 1 aromatic heterocycles. The van der Waals surface area contributed by atoms with E-state index in [1.54, 1.807) is 57.6 Å². The fourth-order valence-electron chi connectivity index (χ4n) is 6.31. The van der Waals surface area contributed by atoms with Gasteiger partial charge >= 0.3 is 12.1 Å². The number of carbonyl (C=O) groups excluding carboxylic acids is 5. The highest BCUT2D eigenvalue weighted by Gasteiger charge is 2.32. The Morgan fingerprint density at radius 3 is 1.76 bits per heavy atom. The van der Waals surface area contributed by atoms with Crippen LogP contribution in [0.3, 0.4) is 0 Å². The molecule has 15 nitrogen and oxygen atoms in total. The zero-order valence-corrected chi connectivity index (χ0v) is 36.2. The van der Waals surface area contributed by atoms with E-state index in [-0.39, 0.29) is 26.1 Å². The molecule has 0 unspecified atom stereocenters. The molecule has 15 heteroatoms. The standard InChI is InChI=1S/C48H56N6O9/c1-33(46(58)60-5)50-45(57)42(31-61-29-36-17-11-7-12-18-36)52-43(55)40(25-34-21-23-39(24-22-34)62-30-37-19-13-8-14-20-37)51-44(56)41(53-47(59)63-48(2,3)4)26-38-28-54(32-49-38)27-35-15-9-6-10-16-35/h6-24,28,32-33,40-42H,25-27,29-31H2,1-5H3,(H,50,57)(H,51,56)(H,52,55)(H,53,59)/t33-,40+,41+,42+/m1/s1. The van der Waals surface area contributed by atoms with E-state index >= 15 is 0 Å². The fraction of sp³-hybridized carbons (Fsp3) is 0.333. The lowest BCUT2D eigenvalue weighted by Crippen LogP contribution is -2.59. The van der Waals surface area contributed by atoms with Crippen molar-refractivity contribution < 1.29 is 42.9 Å². The number of alkyl carbamates (subject to hydrolysis) is 1. The summed E-state index contributed by atoms with van der Waals surface area (Å²) in [5, 5.41) is 10.8. The molecule has 0 spiro atoms. The lowest BCUT2D eigenvalue weighted by Gasteiger charge is -2.26. The van der Waals surface area contributed by atoms with Crippen molar-refractivity contribution in [2.75, 3.05) is 13.7 Å². The van der Waals surface area contributed by atoms with E-state index in [2.05, 4.69) is 26.3 Å². The number of hydrogen-bond donors (Lipinski definition) is 4. The number of carbonyl (C=O) groups is 5. The first-order valence-corrected chi connectivity index (χ1v) is 20.6. The van der Waals surface area contributed by atoms with Crippen molar-refractivity contribution in [2.24, 2.45) is 0 Å². The van der Waals surface area contributed by atoms with E-state index in [1.807, 2.05) is 95.6 Å². The Balaban J connectivity index is 1.39. The SMILES string of the molecule is COC(=O)[C@@H](C)NC(=O)[C@H](COCc1ccccc1)NC(=O)[C@H](Cc1ccc(OCc2ccccc2)cc1)NC(=O)[C@H](Cc1cn(Cc2ccccc2)cn1)NC(=O)OC(C)(C)C. The maximum atomic E-state index is 14.4. The van der Waals surface area contributed by atoms with Gasteiger partial charge in [0.2, 0.25) is 17.7 Å². The summed E-state index contributed by atoms with van der Waals surface area (Å²) >= 11 is 0. The number of imidazole rings is 1. The topological polar surface area (TPSA) is 188 Å². The van der Waals surface area contributed by atoms with Gasteiger partial charge in [-0.1, -0.05) is 103 Å². The van der Waals surface area contributed by atoms with Gasteiger partial charge in [0, 0.05) is 25.6 Å². The van der Waals surface area contributed by atoms with Gasteiger partial charge in [-0.3, -0.25) is 14.4 Å². The van der Waals surface area contributed by atoms with Gasteiger partial charge in [0.15, 0.2) is 0 Å². The second-order valence-electron chi connectivity index (χ2n) is 15.9. The molecule has 4 N–H and O–H groups in total. The van der Waals surface area contributed by atoms with E-state index in [0.29, 0.717) is 30.2 Å². The maximum absolute atomic E-state index is 14.4. The molecule has 5 aromatic rings. The highest BCUT2D eigenvalue weighted by Crippen LogP contribution is 2.17. The molecule has 1 heterocycles. The molecule has 4 atom stereocenters. The minimum atomic E-state index is -1.30. The van der Waals surface area contributed by atoms with Crippen LogP contribution in [0.25, 0.3) is 0 Å². The maximum Gasteiger partial charge on any atom is 0.408 e. The minimum Gasteiger partial charge on any atom is -0.489 e. The molecular weight excluding hydrogens is 805 g/mol. The summed E-state index contributed by atoms with van der Waals surface area (Å²) in [6.07, 6.45) is 2.51. The number of nitrogens with zero attached hydrogens (tertiary/aromatic N) is 2. The normalized spacial score (nSPS) is 13.0. The molecule has 0 fully saturated rings. The van der Waals surface area contributed by atoms with Crippen LogP contribution in [0, 0.1) is 0 Å². The van der Waals surface area contributed by atoms with Crippen LogP contribution in [0.15, 0.2) is 128 Å². The second-order valence-corrected chi connectivity index (χ2v) is 15.9. The van der Waals surface area contributed by atoms with E-state index in [1.165, 1.54) is 14.0 Å². The number of methoxy groups -OCH3 is 1. The van der Waals surface area contributed by atoms with Crippen molar-refractivity contribution in [3.05, 3.63) is 156 Å². The van der Waals surface area contributed by atoms with Gasteiger partial charge in [-0.2, -0.15) is 0 Å². The number of esters is 1. The predicted octanol–water partition coefficient (Wildman–Crippen LogP) is 5.05. The summed E-state index contributed by atoms with van der Waals surface area (Å²) < 4.78 is 24.0. The quantitative estimate of drug-likeness (QED) is 0.0728. The Labute approximate surface area is 367 Å². The smallest absolute Gasteiger partial charge is 0.408 e. The summed E-state index contributed by atoms with van der Waals surface area (Å²) in [5.74, 6) is -2.25. The van der Waals surface area contributed by atoms with E-state index in [9.17, 15) is 24.0 Å². The average molecular weight is 861 g/mol. The predicted molar refractivity (Wildman–Crippen MR) is 235 cm³/mol. The molecule has 0 bridgehead atoms. The van der Waals surface area contributed by atoms with Gasteiger partial charge in [-0.05, 0) is 62.1 Å². The first kappa shape index (κ1) is 47.1. The number of hydrogen-bond acceptors (Lipinski definition) is 10. The van der Waals surface area contributed by atoms with Crippen LogP contribution in [0.4, 0.5) is 4.79 Å². The summed E-state index contributed by atoms with van der Waals surface area (Å²) in [6.45, 7) is 7.29. The van der Waals surface area contributed by atoms with Crippen molar-refractivity contribution in [1.82, 2.24) is 30.8 Å². The molecule has 63 heavy (non-hydrogen) atoms. The van der Waals surface area contributed by atoms with Crippen LogP contribution in [0.1, 0.15) is 55.6 Å². The van der Waals surface area contributed by atoms with Crippen LogP contribution in [-0.2, 0) is 66.0 Å². The monoisotopic (exact) mass is 860 g/mol. The third-order valence-corrected chi connectivity index (χ3v) is 9.50. The number of aromatic nitrogens is 2. The molecular formula is C48H56N6O9. The molecule has 0 saturated heterocycles. The molecule has 4 amide bonds. The van der Waals surface area contributed by atoms with Crippen molar-refractivity contribution in [2.45, 2.75) is 90.1 Å². The van der Waals surface area contributed by atoms with Crippen LogP contribution < -0.4 is 26.0 Å². The molecule has 0 aliphatic carbocycles. The zero-order chi connectivity index (χ0) is 45.2. The Morgan fingerprint density at radius 1 is 0.635 bits per heavy atom. The third-order valence-electron chi connectivity index (χ3n) is 9.50. The molecule has 0 aliphatic rings. The van der Waals surface area contributed by atoms with E-state index in [0.717, 1.165) is 16.7 Å². The summed E-state index contributed by atoms with van der Waals surface area (Å²) in [4.78, 5) is 72.3. The highest BCUT2D eigenvalue weighted by molar-refractivity contribution is 5.95. The van der Waals surface area contributed by atoms with Gasteiger partial charge in [0.05, 0.1) is 32.3 Å². The van der Waals surface area contributed by atoms with Gasteiger partial charge in [0.25, 0.3) is 0 Å². The first-order valence-electron chi connectivity index (χ1n) is 20.6. The molecule has 0 radical (unpaired) electrons. The second kappa shape index (κ2) is 23.3. The van der Waals surface area contributed by atoms with Crippen molar-refractivity contribution in [1.29, 1.82) is 0 Å². The molecule has 0 aliphatic heterocycles. The van der Waals surface area contributed by atoms with Crippen molar-refractivity contribution in [3.63, 3.8) is 0 Å². The third kappa shape index (κ3) is 16.1. The van der Waals surface area contributed by atoms with Gasteiger partial charge in [-0.25, -0.2) is 14.6 Å². The van der Waals surface area contributed by atoms with E-state index < -0.39 is 59.6 Å². The number of ether oxygens (including phenoxy) is 4. The molecule has 4 aromatic carbocycles. The Kier molecular flexibility index (Phi) is 17.4. The fourth-order valence-corrected chi connectivity index (χ4v) is 6.31. The molecule has 332 valence electrons. The van der Waals surface area contributed by atoms with Crippen LogP contribution in [-0.4, -0.2) is 82.8 Å². The molecule has 5 rings (SSSR count). The lowest BCUT2D eigenvalue weighted by atomic mass is 10.0. The van der Waals surface area contributed by atoms with Gasteiger partial charge < -0.3 is 44.8 Å². The van der Waals surface area contributed by atoms with Crippen molar-refractivity contribution in [3.8, 4) is 5.75 Å². The Bertz CT molecular complexity index is 2230. The summed E-state index contributed by atoms with van der Waals surface area (Å²) in [7, 11) is 1.20. The largest absolute Gasteiger partial charge is 0.489 e.